The summed E-state index contributed by atoms with van der Waals surface area (Å²) >= 11 is 0. The van der Waals surface area contributed by atoms with Crippen LogP contribution < -0.4 is 10.6 Å². The average Bonchev–Trinajstić information content (AvgIpc) is 3.00. The molecule has 0 aliphatic carbocycles. The number of hydrogen-bond donors (Lipinski definition) is 2. The van der Waals surface area contributed by atoms with E-state index in [1.165, 1.54) is 35.8 Å². The van der Waals surface area contributed by atoms with Crippen LogP contribution in [0.4, 0.5) is 0 Å². The lowest BCUT2D eigenvalue weighted by atomic mass is 9.69. The lowest BCUT2D eigenvalue weighted by Crippen LogP contribution is -2.50. The molecular formula is C46H84N2O6S2. The van der Waals surface area contributed by atoms with Crippen LogP contribution in [0.25, 0.3) is 0 Å². The van der Waals surface area contributed by atoms with E-state index in [0.717, 1.165) is 19.3 Å². The molecule has 0 aromatic heterocycles. The molecule has 0 spiro atoms. The Morgan fingerprint density at radius 1 is 0.518 bits per heavy atom. The van der Waals surface area contributed by atoms with Crippen molar-refractivity contribution in [3.63, 3.8) is 0 Å². The summed E-state index contributed by atoms with van der Waals surface area (Å²) in [6.07, 6.45) is 13.7. The first kappa shape index (κ1) is 54.1. The SMILES string of the molecule is CCCC(C)(CC(C)(C)C=CC(C)(C)CC(C)(C)C)C(=O)NC(CSSCC(NC(=O)C(C)(C)CC(C)(C)C=CC(C)(C)CC(C)(C)C)C(=O)OC)C(=O)OC. The zero-order chi connectivity index (χ0) is 44.2. The fraction of sp³-hybridized carbons (Fsp3) is 0.826. The van der Waals surface area contributed by atoms with Gasteiger partial charge in [-0.05, 0) is 64.6 Å². The van der Waals surface area contributed by atoms with E-state index < -0.39 is 34.9 Å². The van der Waals surface area contributed by atoms with Gasteiger partial charge in [0.25, 0.3) is 0 Å². The normalized spacial score (nSPS) is 16.0. The summed E-state index contributed by atoms with van der Waals surface area (Å²) in [7, 11) is 5.28. The third kappa shape index (κ3) is 21.7. The fourth-order valence-electron chi connectivity index (χ4n) is 8.47. The van der Waals surface area contributed by atoms with E-state index in [9.17, 15) is 19.2 Å². The first-order valence-electron chi connectivity index (χ1n) is 20.5. The number of carbonyl (C=O) groups is 4. The molecule has 0 rings (SSSR count). The predicted octanol–water partition coefficient (Wildman–Crippen LogP) is 11.4. The summed E-state index contributed by atoms with van der Waals surface area (Å²) in [4.78, 5) is 53.5. The maximum atomic E-state index is 14.0. The highest BCUT2D eigenvalue weighted by Crippen LogP contribution is 2.42. The number of methoxy groups -OCH3 is 2. The van der Waals surface area contributed by atoms with Gasteiger partial charge in [0.15, 0.2) is 0 Å². The van der Waals surface area contributed by atoms with Crippen LogP contribution in [-0.2, 0) is 28.7 Å². The Hall–Kier alpha value is -1.94. The summed E-state index contributed by atoms with van der Waals surface area (Å²) in [5.74, 6) is -1.07. The molecule has 8 nitrogen and oxygen atoms in total. The third-order valence-corrected chi connectivity index (χ3v) is 12.2. The Balaban J connectivity index is 5.78. The van der Waals surface area contributed by atoms with Gasteiger partial charge in [0.2, 0.25) is 11.8 Å². The van der Waals surface area contributed by atoms with Crippen molar-refractivity contribution in [2.45, 2.75) is 175 Å². The van der Waals surface area contributed by atoms with Gasteiger partial charge in [0.05, 0.1) is 14.2 Å². The third-order valence-electron chi connectivity index (χ3n) is 9.79. The second kappa shape index (κ2) is 21.4. The highest BCUT2D eigenvalue weighted by Gasteiger charge is 2.40. The maximum Gasteiger partial charge on any atom is 0.329 e. The first-order valence-corrected chi connectivity index (χ1v) is 23.0. The van der Waals surface area contributed by atoms with E-state index in [1.54, 1.807) is 0 Å². The number of carbonyl (C=O) groups excluding carboxylic acids is 4. The number of allylic oxidation sites excluding steroid dienone is 4. The second-order valence-corrected chi connectivity index (χ2v) is 24.9. The molecule has 0 aliphatic heterocycles. The molecule has 2 amide bonds. The van der Waals surface area contributed by atoms with Gasteiger partial charge < -0.3 is 20.1 Å². The molecule has 3 unspecified atom stereocenters. The van der Waals surface area contributed by atoms with E-state index in [-0.39, 0.29) is 55.8 Å². The Morgan fingerprint density at radius 3 is 1.16 bits per heavy atom. The highest BCUT2D eigenvalue weighted by molar-refractivity contribution is 8.76. The van der Waals surface area contributed by atoms with Crippen LogP contribution in [0.15, 0.2) is 24.3 Å². The van der Waals surface area contributed by atoms with Gasteiger partial charge in [-0.1, -0.05) is 177 Å². The molecule has 56 heavy (non-hydrogen) atoms. The van der Waals surface area contributed by atoms with Gasteiger partial charge >= 0.3 is 11.9 Å². The molecule has 3 atom stereocenters. The Labute approximate surface area is 351 Å². The number of esters is 2. The van der Waals surface area contributed by atoms with Gasteiger partial charge in [0, 0.05) is 22.3 Å². The fourth-order valence-corrected chi connectivity index (χ4v) is 10.8. The summed E-state index contributed by atoms with van der Waals surface area (Å²) in [6.45, 7) is 38.9. The van der Waals surface area contributed by atoms with Gasteiger partial charge in [-0.3, -0.25) is 9.59 Å². The molecule has 0 heterocycles. The van der Waals surface area contributed by atoms with Crippen molar-refractivity contribution in [2.75, 3.05) is 25.7 Å². The van der Waals surface area contributed by atoms with Crippen LogP contribution >= 0.6 is 21.6 Å². The highest BCUT2D eigenvalue weighted by atomic mass is 33.1. The molecule has 2 N–H and O–H groups in total. The zero-order valence-corrected chi connectivity index (χ0v) is 41.0. The number of rotatable bonds is 23. The monoisotopic (exact) mass is 825 g/mol. The molecule has 0 bridgehead atoms. The van der Waals surface area contributed by atoms with Crippen molar-refractivity contribution in [3.8, 4) is 0 Å². The molecule has 0 radical (unpaired) electrons. The minimum Gasteiger partial charge on any atom is -0.467 e. The van der Waals surface area contributed by atoms with Crippen LogP contribution in [0.1, 0.15) is 163 Å². The van der Waals surface area contributed by atoms with E-state index in [2.05, 4.69) is 139 Å². The van der Waals surface area contributed by atoms with Gasteiger partial charge in [-0.2, -0.15) is 0 Å². The van der Waals surface area contributed by atoms with Crippen molar-refractivity contribution < 1.29 is 28.7 Å². The van der Waals surface area contributed by atoms with Crippen LogP contribution in [0.5, 0.6) is 0 Å². The van der Waals surface area contributed by atoms with Crippen molar-refractivity contribution in [2.24, 2.45) is 43.3 Å². The zero-order valence-electron chi connectivity index (χ0n) is 39.4. The summed E-state index contributed by atoms with van der Waals surface area (Å²) < 4.78 is 10.2. The number of nitrogens with one attached hydrogen (secondary N) is 2. The van der Waals surface area contributed by atoms with Crippen LogP contribution in [0.3, 0.4) is 0 Å². The van der Waals surface area contributed by atoms with Crippen LogP contribution in [0.2, 0.25) is 0 Å². The number of hydrogen-bond acceptors (Lipinski definition) is 8. The number of ether oxygens (including phenoxy) is 2. The summed E-state index contributed by atoms with van der Waals surface area (Å²) in [6, 6.07) is -1.78. The molecule has 326 valence electrons. The van der Waals surface area contributed by atoms with Crippen LogP contribution in [-0.4, -0.2) is 61.6 Å². The lowest BCUT2D eigenvalue weighted by molar-refractivity contribution is -0.146. The Kier molecular flexibility index (Phi) is 20.6. The average molecular weight is 825 g/mol. The molecule has 0 aromatic rings. The van der Waals surface area contributed by atoms with Crippen molar-refractivity contribution in [3.05, 3.63) is 24.3 Å². The van der Waals surface area contributed by atoms with Crippen molar-refractivity contribution in [1.82, 2.24) is 10.6 Å². The lowest BCUT2D eigenvalue weighted by Gasteiger charge is -2.37. The van der Waals surface area contributed by atoms with Crippen molar-refractivity contribution in [1.29, 1.82) is 0 Å². The van der Waals surface area contributed by atoms with Crippen LogP contribution in [0, 0.1) is 43.3 Å². The topological polar surface area (TPSA) is 111 Å². The maximum absolute atomic E-state index is 14.0. The molecule has 0 aliphatic rings. The molecule has 10 heteroatoms. The first-order chi connectivity index (χ1) is 25.0. The summed E-state index contributed by atoms with van der Waals surface area (Å²) in [5.41, 5.74) is -1.62. The van der Waals surface area contributed by atoms with Gasteiger partial charge in [0.1, 0.15) is 12.1 Å². The summed E-state index contributed by atoms with van der Waals surface area (Å²) in [5, 5.41) is 5.94. The van der Waals surface area contributed by atoms with E-state index >= 15 is 0 Å². The van der Waals surface area contributed by atoms with E-state index in [4.69, 9.17) is 9.47 Å². The predicted molar refractivity (Wildman–Crippen MR) is 240 cm³/mol. The number of amides is 2. The molecular weight excluding hydrogens is 741 g/mol. The quantitative estimate of drug-likeness (QED) is 0.0454. The minimum absolute atomic E-state index is 0.00738. The van der Waals surface area contributed by atoms with Gasteiger partial charge in [-0.25, -0.2) is 9.59 Å². The standard InChI is InChI=1S/C46H84N2O6S2/c1-21-22-46(18,32-44(14,15)26-24-42(10,11)30-40(5,6)7)38(52)48-34(36(50)54-20)28-56-55-27-33(35(49)53-19)47-37(51)45(16,17)31-43(12,13)25-23-41(8,9)29-39(2,3)4/h23-26,33-34H,21-22,27-32H2,1-20H3,(H,47,51)(H,48,52). The molecule has 0 saturated carbocycles. The van der Waals surface area contributed by atoms with E-state index in [0.29, 0.717) is 19.3 Å². The molecule has 0 fully saturated rings. The largest absolute Gasteiger partial charge is 0.467 e. The second-order valence-electron chi connectivity index (χ2n) is 22.3. The molecule has 0 aromatic carbocycles. The van der Waals surface area contributed by atoms with Gasteiger partial charge in [-0.15, -0.1) is 0 Å². The van der Waals surface area contributed by atoms with E-state index in [1.807, 2.05) is 20.8 Å². The van der Waals surface area contributed by atoms with Crippen molar-refractivity contribution >= 4 is 45.3 Å². The Bertz CT molecular complexity index is 1350. The molecule has 0 saturated heterocycles. The Morgan fingerprint density at radius 2 is 0.839 bits per heavy atom. The smallest absolute Gasteiger partial charge is 0.329 e. The minimum atomic E-state index is -0.892.